The first-order valence-corrected chi connectivity index (χ1v) is 8.83. The van der Waals surface area contributed by atoms with Crippen molar-refractivity contribution in [1.82, 2.24) is 0 Å². The Kier molecular flexibility index (Phi) is 5.18. The number of anilines is 1. The van der Waals surface area contributed by atoms with E-state index in [9.17, 15) is 4.79 Å². The van der Waals surface area contributed by atoms with Gasteiger partial charge in [-0.05, 0) is 47.8 Å². The second kappa shape index (κ2) is 7.35. The first-order chi connectivity index (χ1) is 11.9. The highest BCUT2D eigenvalue weighted by Gasteiger charge is 2.16. The molecule has 2 aromatic carbocycles. The molecule has 0 saturated carbocycles. The summed E-state index contributed by atoms with van der Waals surface area (Å²) in [7, 11) is 0. The van der Waals surface area contributed by atoms with E-state index in [1.165, 1.54) is 5.56 Å². The molecule has 1 amide bonds. The monoisotopic (exact) mass is 405 g/mol. The molecule has 0 saturated heterocycles. The highest BCUT2D eigenvalue weighted by Crippen LogP contribution is 2.38. The van der Waals surface area contributed by atoms with Gasteiger partial charge in [0, 0.05) is 16.6 Å². The summed E-state index contributed by atoms with van der Waals surface area (Å²) in [6, 6.07) is 7.62. The number of carbonyl (C=O) groups excluding carboxylic acids is 1. The summed E-state index contributed by atoms with van der Waals surface area (Å²) in [4.78, 5) is 12.3. The van der Waals surface area contributed by atoms with Crippen LogP contribution in [0.2, 0.25) is 0 Å². The van der Waals surface area contributed by atoms with Gasteiger partial charge in [0.1, 0.15) is 19.0 Å². The first kappa shape index (κ1) is 17.6. The molecule has 0 unspecified atom stereocenters. The smallest absolute Gasteiger partial charge is 0.262 e. The van der Waals surface area contributed by atoms with Crippen LogP contribution in [0.15, 0.2) is 28.7 Å². The molecule has 0 radical (unpaired) electrons. The largest absolute Gasteiger partial charge is 0.486 e. The maximum atomic E-state index is 12.3. The van der Waals surface area contributed by atoms with Crippen LogP contribution in [-0.2, 0) is 4.79 Å². The van der Waals surface area contributed by atoms with Crippen molar-refractivity contribution >= 4 is 27.5 Å². The van der Waals surface area contributed by atoms with Crippen molar-refractivity contribution in [2.24, 2.45) is 0 Å². The van der Waals surface area contributed by atoms with E-state index < -0.39 is 0 Å². The van der Waals surface area contributed by atoms with Gasteiger partial charge in [-0.1, -0.05) is 17.7 Å². The predicted octanol–water partition coefficient (Wildman–Crippen LogP) is 4.16. The average molecular weight is 406 g/mol. The molecular formula is C19H20BrNO4. The molecule has 1 heterocycles. The molecule has 132 valence electrons. The second-order valence-electron chi connectivity index (χ2n) is 6.04. The van der Waals surface area contributed by atoms with Crippen molar-refractivity contribution in [3.05, 3.63) is 45.4 Å². The van der Waals surface area contributed by atoms with Crippen LogP contribution in [0.4, 0.5) is 5.69 Å². The fourth-order valence-electron chi connectivity index (χ4n) is 2.88. The van der Waals surface area contributed by atoms with Crippen molar-refractivity contribution in [3.63, 3.8) is 0 Å². The minimum atomic E-state index is -0.239. The zero-order chi connectivity index (χ0) is 18.0. The number of halogens is 1. The summed E-state index contributed by atoms with van der Waals surface area (Å²) < 4.78 is 17.5. The third kappa shape index (κ3) is 4.07. The summed E-state index contributed by atoms with van der Waals surface area (Å²) in [6.07, 6.45) is 0. The van der Waals surface area contributed by atoms with Crippen LogP contribution in [0.1, 0.15) is 16.7 Å². The number of amides is 1. The van der Waals surface area contributed by atoms with Gasteiger partial charge in [-0.25, -0.2) is 0 Å². The highest BCUT2D eigenvalue weighted by molar-refractivity contribution is 9.10. The minimum Gasteiger partial charge on any atom is -0.486 e. The summed E-state index contributed by atoms with van der Waals surface area (Å²) in [5.74, 6) is 1.80. The maximum absolute atomic E-state index is 12.3. The van der Waals surface area contributed by atoms with E-state index in [0.29, 0.717) is 30.4 Å². The Balaban J connectivity index is 1.67. The lowest BCUT2D eigenvalue weighted by Gasteiger charge is -2.20. The molecule has 25 heavy (non-hydrogen) atoms. The molecule has 1 aliphatic rings. The molecule has 3 rings (SSSR count). The zero-order valence-corrected chi connectivity index (χ0v) is 16.0. The molecule has 2 aromatic rings. The van der Waals surface area contributed by atoms with Crippen LogP contribution < -0.4 is 19.5 Å². The van der Waals surface area contributed by atoms with Gasteiger partial charge in [0.25, 0.3) is 5.91 Å². The molecule has 0 bridgehead atoms. The molecule has 0 atom stereocenters. The first-order valence-electron chi connectivity index (χ1n) is 8.03. The van der Waals surface area contributed by atoms with Gasteiger partial charge >= 0.3 is 0 Å². The van der Waals surface area contributed by atoms with Crippen LogP contribution in [0.25, 0.3) is 0 Å². The van der Waals surface area contributed by atoms with E-state index in [0.717, 1.165) is 21.3 Å². The molecule has 0 fully saturated rings. The molecule has 1 aliphatic heterocycles. The van der Waals surface area contributed by atoms with Gasteiger partial charge in [-0.15, -0.1) is 0 Å². The average Bonchev–Trinajstić information content (AvgIpc) is 2.54. The van der Waals surface area contributed by atoms with Gasteiger partial charge in [0.2, 0.25) is 0 Å². The Hall–Kier alpha value is -2.21. The fourth-order valence-corrected chi connectivity index (χ4v) is 3.30. The lowest BCUT2D eigenvalue weighted by atomic mass is 10.1. The molecule has 1 N–H and O–H groups in total. The molecule has 0 aromatic heterocycles. The van der Waals surface area contributed by atoms with E-state index in [1.54, 1.807) is 12.1 Å². The van der Waals surface area contributed by atoms with Crippen LogP contribution in [-0.4, -0.2) is 25.7 Å². The SMILES string of the molecule is Cc1cc(C)c(OCC(=O)Nc2cc3c(cc2Br)OCCO3)c(C)c1. The van der Waals surface area contributed by atoms with E-state index in [1.807, 2.05) is 32.9 Å². The molecule has 0 aliphatic carbocycles. The minimum absolute atomic E-state index is 0.0639. The van der Waals surface area contributed by atoms with E-state index in [-0.39, 0.29) is 12.5 Å². The number of aryl methyl sites for hydroxylation is 3. The van der Waals surface area contributed by atoms with Crippen LogP contribution in [0.3, 0.4) is 0 Å². The van der Waals surface area contributed by atoms with Gasteiger partial charge in [0.05, 0.1) is 5.69 Å². The summed E-state index contributed by atoms with van der Waals surface area (Å²) in [6.45, 7) is 6.95. The van der Waals surface area contributed by atoms with Gasteiger partial charge < -0.3 is 19.5 Å². The third-order valence-corrected chi connectivity index (χ3v) is 4.51. The number of benzene rings is 2. The van der Waals surface area contributed by atoms with Gasteiger partial charge in [0.15, 0.2) is 18.1 Å². The number of hydrogen-bond acceptors (Lipinski definition) is 4. The van der Waals surface area contributed by atoms with Gasteiger partial charge in [-0.2, -0.15) is 0 Å². The summed E-state index contributed by atoms with van der Waals surface area (Å²) in [5, 5.41) is 2.83. The fraction of sp³-hybridized carbons (Fsp3) is 0.316. The van der Waals surface area contributed by atoms with Crippen molar-refractivity contribution in [2.75, 3.05) is 25.1 Å². The Labute approximate surface area is 155 Å². The summed E-state index contributed by atoms with van der Waals surface area (Å²) >= 11 is 3.44. The second-order valence-corrected chi connectivity index (χ2v) is 6.89. The van der Waals surface area contributed by atoms with Crippen molar-refractivity contribution in [1.29, 1.82) is 0 Å². The standard InChI is InChI=1S/C19H20BrNO4/c1-11-6-12(2)19(13(3)7-11)25-10-18(22)21-15-9-17-16(8-14(15)20)23-4-5-24-17/h6-9H,4-5,10H2,1-3H3,(H,21,22). The molecule has 0 spiro atoms. The molecule has 5 nitrogen and oxygen atoms in total. The lowest BCUT2D eigenvalue weighted by molar-refractivity contribution is -0.118. The number of fused-ring (bicyclic) bond motifs is 1. The Morgan fingerprint density at radius 2 is 1.68 bits per heavy atom. The topological polar surface area (TPSA) is 56.8 Å². The molecule has 6 heteroatoms. The van der Waals surface area contributed by atoms with Gasteiger partial charge in [-0.3, -0.25) is 4.79 Å². The predicted molar refractivity (Wildman–Crippen MR) is 99.9 cm³/mol. The van der Waals surface area contributed by atoms with Crippen molar-refractivity contribution in [2.45, 2.75) is 20.8 Å². The quantitative estimate of drug-likeness (QED) is 0.829. The number of nitrogens with one attached hydrogen (secondary N) is 1. The van der Waals surface area contributed by atoms with Crippen LogP contribution in [0.5, 0.6) is 17.2 Å². The normalized spacial score (nSPS) is 12.6. The number of carbonyl (C=O) groups is 1. The summed E-state index contributed by atoms with van der Waals surface area (Å²) in [5.41, 5.74) is 3.83. The van der Waals surface area contributed by atoms with Crippen LogP contribution >= 0.6 is 15.9 Å². The number of ether oxygens (including phenoxy) is 3. The zero-order valence-electron chi connectivity index (χ0n) is 14.4. The van der Waals surface area contributed by atoms with Crippen LogP contribution in [0, 0.1) is 20.8 Å². The van der Waals surface area contributed by atoms with E-state index in [4.69, 9.17) is 14.2 Å². The maximum Gasteiger partial charge on any atom is 0.262 e. The van der Waals surface area contributed by atoms with E-state index >= 15 is 0 Å². The number of hydrogen-bond donors (Lipinski definition) is 1. The lowest BCUT2D eigenvalue weighted by Crippen LogP contribution is -2.21. The highest BCUT2D eigenvalue weighted by atomic mass is 79.9. The third-order valence-electron chi connectivity index (χ3n) is 3.86. The Bertz CT molecular complexity index is 796. The van der Waals surface area contributed by atoms with Crippen molar-refractivity contribution in [3.8, 4) is 17.2 Å². The van der Waals surface area contributed by atoms with Crippen molar-refractivity contribution < 1.29 is 19.0 Å². The molecular weight excluding hydrogens is 386 g/mol. The van der Waals surface area contributed by atoms with E-state index in [2.05, 4.69) is 21.2 Å². The Morgan fingerprint density at radius 3 is 2.32 bits per heavy atom. The number of rotatable bonds is 4. The Morgan fingerprint density at radius 1 is 1.08 bits per heavy atom.